The van der Waals surface area contributed by atoms with E-state index in [0.29, 0.717) is 53.0 Å². The van der Waals surface area contributed by atoms with E-state index in [4.69, 9.17) is 21.1 Å². The summed E-state index contributed by atoms with van der Waals surface area (Å²) in [7, 11) is 0. The van der Waals surface area contributed by atoms with Gasteiger partial charge in [0.15, 0.2) is 11.5 Å². The van der Waals surface area contributed by atoms with E-state index in [2.05, 4.69) is 22.1 Å². The molecule has 1 fully saturated rings. The van der Waals surface area contributed by atoms with E-state index in [1.54, 1.807) is 35.2 Å². The third-order valence-electron chi connectivity index (χ3n) is 6.64. The Labute approximate surface area is 208 Å². The predicted molar refractivity (Wildman–Crippen MR) is 137 cm³/mol. The lowest BCUT2D eigenvalue weighted by molar-refractivity contribution is 0.172. The number of nitrogens with zero attached hydrogens (tertiary/aromatic N) is 2. The summed E-state index contributed by atoms with van der Waals surface area (Å²) in [6.45, 7) is 5.76. The Morgan fingerprint density at radius 2 is 2.00 bits per heavy atom. The number of anilines is 1. The van der Waals surface area contributed by atoms with Crippen molar-refractivity contribution in [3.05, 3.63) is 63.4 Å². The lowest BCUT2D eigenvalue weighted by Gasteiger charge is -2.30. The molecule has 35 heavy (non-hydrogen) atoms. The van der Waals surface area contributed by atoms with Crippen molar-refractivity contribution in [2.45, 2.75) is 32.4 Å². The first-order valence-corrected chi connectivity index (χ1v) is 12.4. The number of benzene rings is 2. The van der Waals surface area contributed by atoms with Gasteiger partial charge in [-0.1, -0.05) is 24.6 Å². The quantitative estimate of drug-likeness (QED) is 0.525. The largest absolute Gasteiger partial charge is 0.486 e. The summed E-state index contributed by atoms with van der Waals surface area (Å²) < 4.78 is 11.3. The van der Waals surface area contributed by atoms with Gasteiger partial charge in [-0.25, -0.2) is 4.79 Å². The zero-order valence-corrected chi connectivity index (χ0v) is 20.4. The van der Waals surface area contributed by atoms with E-state index in [1.807, 2.05) is 12.1 Å². The number of aromatic nitrogens is 1. The van der Waals surface area contributed by atoms with Crippen LogP contribution in [0.1, 0.15) is 25.3 Å². The molecule has 0 saturated carbocycles. The molecule has 5 rings (SSSR count). The van der Waals surface area contributed by atoms with Crippen LogP contribution in [0.25, 0.3) is 10.9 Å². The van der Waals surface area contributed by atoms with Crippen molar-refractivity contribution in [2.24, 2.45) is 0 Å². The number of ether oxygens (including phenoxy) is 2. The van der Waals surface area contributed by atoms with Crippen molar-refractivity contribution in [1.29, 1.82) is 0 Å². The van der Waals surface area contributed by atoms with Gasteiger partial charge in [0.25, 0.3) is 5.56 Å². The summed E-state index contributed by atoms with van der Waals surface area (Å²) in [5.41, 5.74) is 1.57. The van der Waals surface area contributed by atoms with Gasteiger partial charge in [0, 0.05) is 40.3 Å². The number of amides is 2. The van der Waals surface area contributed by atoms with Crippen LogP contribution in [0.15, 0.2) is 47.3 Å². The van der Waals surface area contributed by atoms with Crippen LogP contribution >= 0.6 is 11.6 Å². The zero-order valence-electron chi connectivity index (χ0n) is 19.7. The van der Waals surface area contributed by atoms with Gasteiger partial charge < -0.3 is 24.7 Å². The molecule has 1 atom stereocenters. The monoisotopic (exact) mass is 496 g/mol. The molecule has 2 N–H and O–H groups in total. The van der Waals surface area contributed by atoms with E-state index >= 15 is 0 Å². The van der Waals surface area contributed by atoms with Gasteiger partial charge in [-0.15, -0.1) is 0 Å². The molecule has 2 amide bonds. The Morgan fingerprint density at radius 3 is 2.77 bits per heavy atom. The molecule has 2 aliphatic rings. The smallest absolute Gasteiger partial charge is 0.322 e. The van der Waals surface area contributed by atoms with Crippen molar-refractivity contribution in [1.82, 2.24) is 14.8 Å². The molecule has 2 aromatic carbocycles. The standard InChI is InChI=1S/C26H29ClN4O4/c1-2-30-8-4-7-21(30)16-31(26(33)28-20-6-3-5-19(27)13-20)15-18-11-17-12-23-24(35-10-9-34-23)14-22(17)29-25(18)32/h3,5-6,11-14,21H,2,4,7-10,15-16H2,1H3,(H,28,33)(H,29,32)/t21-/m0/s1. The molecule has 184 valence electrons. The highest BCUT2D eigenvalue weighted by Crippen LogP contribution is 2.33. The van der Waals surface area contributed by atoms with Crippen LogP contribution in [0.4, 0.5) is 10.5 Å². The maximum absolute atomic E-state index is 13.4. The highest BCUT2D eigenvalue weighted by Gasteiger charge is 2.28. The maximum atomic E-state index is 13.4. The number of urea groups is 1. The topological polar surface area (TPSA) is 86.9 Å². The normalized spacial score (nSPS) is 17.5. The number of aromatic amines is 1. The molecule has 3 aromatic rings. The molecule has 2 aliphatic heterocycles. The minimum Gasteiger partial charge on any atom is -0.486 e. The number of hydrogen-bond acceptors (Lipinski definition) is 5. The predicted octanol–water partition coefficient (Wildman–Crippen LogP) is 4.47. The van der Waals surface area contributed by atoms with Crippen LogP contribution in [0.5, 0.6) is 11.5 Å². The number of likely N-dealkylation sites (N-methyl/N-ethyl adjacent to an activating group) is 1. The van der Waals surface area contributed by atoms with Crippen LogP contribution in [0, 0.1) is 0 Å². The Kier molecular flexibility index (Phi) is 6.83. The third kappa shape index (κ3) is 5.23. The molecular formula is C26H29ClN4O4. The summed E-state index contributed by atoms with van der Waals surface area (Å²) in [5.74, 6) is 1.28. The molecule has 1 aromatic heterocycles. The summed E-state index contributed by atoms with van der Waals surface area (Å²) in [4.78, 5) is 33.4. The summed E-state index contributed by atoms with van der Waals surface area (Å²) >= 11 is 6.10. The molecule has 0 aliphatic carbocycles. The minimum absolute atomic E-state index is 0.181. The van der Waals surface area contributed by atoms with Crippen molar-refractivity contribution >= 4 is 34.2 Å². The second-order valence-electron chi connectivity index (χ2n) is 8.95. The fourth-order valence-electron chi connectivity index (χ4n) is 4.87. The maximum Gasteiger partial charge on any atom is 0.322 e. The first kappa shape index (κ1) is 23.5. The van der Waals surface area contributed by atoms with Gasteiger partial charge in [0.1, 0.15) is 13.2 Å². The Morgan fingerprint density at radius 1 is 1.20 bits per heavy atom. The van der Waals surface area contributed by atoms with Gasteiger partial charge in [-0.2, -0.15) is 0 Å². The Hall–Kier alpha value is -3.23. The SMILES string of the molecule is CCN1CCC[C@H]1CN(Cc1cc2cc3c(cc2[nH]c1=O)OCCO3)C(=O)Nc1cccc(Cl)c1. The second kappa shape index (κ2) is 10.2. The summed E-state index contributed by atoms with van der Waals surface area (Å²) in [6, 6.07) is 12.5. The van der Waals surface area contributed by atoms with Crippen molar-refractivity contribution < 1.29 is 14.3 Å². The number of carbonyl (C=O) groups excluding carboxylic acids is 1. The highest BCUT2D eigenvalue weighted by molar-refractivity contribution is 6.30. The van der Waals surface area contributed by atoms with E-state index in [1.165, 1.54) is 0 Å². The van der Waals surface area contributed by atoms with E-state index in [9.17, 15) is 9.59 Å². The molecule has 0 radical (unpaired) electrons. The third-order valence-corrected chi connectivity index (χ3v) is 6.88. The van der Waals surface area contributed by atoms with E-state index in [0.717, 1.165) is 31.3 Å². The van der Waals surface area contributed by atoms with Crippen LogP contribution in [-0.2, 0) is 6.54 Å². The Bertz CT molecular complexity index is 1290. The van der Waals surface area contributed by atoms with Crippen LogP contribution < -0.4 is 20.3 Å². The lowest BCUT2D eigenvalue weighted by Crippen LogP contribution is -2.45. The van der Waals surface area contributed by atoms with Crippen LogP contribution in [0.2, 0.25) is 5.02 Å². The summed E-state index contributed by atoms with van der Waals surface area (Å²) in [5, 5.41) is 4.32. The fourth-order valence-corrected chi connectivity index (χ4v) is 5.06. The number of halogens is 1. The molecule has 9 heteroatoms. The number of rotatable bonds is 6. The lowest BCUT2D eigenvalue weighted by atomic mass is 10.1. The van der Waals surface area contributed by atoms with Crippen molar-refractivity contribution in [3.8, 4) is 11.5 Å². The second-order valence-corrected chi connectivity index (χ2v) is 9.39. The van der Waals surface area contributed by atoms with Crippen molar-refractivity contribution in [3.63, 3.8) is 0 Å². The molecule has 0 spiro atoms. The van der Waals surface area contributed by atoms with E-state index < -0.39 is 0 Å². The average molecular weight is 497 g/mol. The van der Waals surface area contributed by atoms with Gasteiger partial charge in [-0.3, -0.25) is 9.69 Å². The van der Waals surface area contributed by atoms with E-state index in [-0.39, 0.29) is 24.2 Å². The van der Waals surface area contributed by atoms with Crippen LogP contribution in [-0.4, -0.2) is 59.7 Å². The Balaban J connectivity index is 1.44. The molecule has 0 unspecified atom stereocenters. The zero-order chi connectivity index (χ0) is 24.4. The number of fused-ring (bicyclic) bond motifs is 2. The number of hydrogen-bond donors (Lipinski definition) is 2. The van der Waals surface area contributed by atoms with Gasteiger partial charge in [-0.05, 0) is 56.3 Å². The molecule has 3 heterocycles. The molecule has 0 bridgehead atoms. The highest BCUT2D eigenvalue weighted by atomic mass is 35.5. The number of H-pyrrole nitrogens is 1. The van der Waals surface area contributed by atoms with Crippen molar-refractivity contribution in [2.75, 3.05) is 38.2 Å². The number of nitrogens with one attached hydrogen (secondary N) is 2. The number of carbonyl (C=O) groups is 1. The number of pyridine rings is 1. The van der Waals surface area contributed by atoms with Gasteiger partial charge in [0.2, 0.25) is 0 Å². The molecular weight excluding hydrogens is 468 g/mol. The first-order valence-electron chi connectivity index (χ1n) is 12.0. The summed E-state index contributed by atoms with van der Waals surface area (Å²) in [6.07, 6.45) is 2.12. The average Bonchev–Trinajstić information content (AvgIpc) is 3.30. The minimum atomic E-state index is -0.267. The van der Waals surface area contributed by atoms with Gasteiger partial charge in [0.05, 0.1) is 12.1 Å². The number of likely N-dealkylation sites (tertiary alicyclic amines) is 1. The molecule has 8 nitrogen and oxygen atoms in total. The van der Waals surface area contributed by atoms with Crippen LogP contribution in [0.3, 0.4) is 0 Å². The molecule has 1 saturated heterocycles. The fraction of sp³-hybridized carbons (Fsp3) is 0.385. The van der Waals surface area contributed by atoms with Gasteiger partial charge >= 0.3 is 6.03 Å². The first-order chi connectivity index (χ1) is 17.0.